The molecule has 2 saturated heterocycles. The van der Waals surface area contributed by atoms with Crippen molar-refractivity contribution in [2.75, 3.05) is 37.9 Å². The molecule has 4 aromatic carbocycles. The summed E-state index contributed by atoms with van der Waals surface area (Å²) < 4.78 is 15.6. The van der Waals surface area contributed by atoms with Crippen molar-refractivity contribution in [3.63, 3.8) is 0 Å². The van der Waals surface area contributed by atoms with Crippen molar-refractivity contribution in [2.24, 2.45) is 11.8 Å². The molecule has 2 heterocycles. The summed E-state index contributed by atoms with van der Waals surface area (Å²) in [4.78, 5) is 81.7. The third kappa shape index (κ3) is 11.4. The number of likely N-dealkylation sites (tertiary alicyclic amines) is 2. The number of hydrogen-bond donors (Lipinski definition) is 4. The summed E-state index contributed by atoms with van der Waals surface area (Å²) in [7, 11) is 2.49. The average molecular weight is 915 g/mol. The number of anilines is 2. The summed E-state index contributed by atoms with van der Waals surface area (Å²) in [6.45, 7) is 8.62. The van der Waals surface area contributed by atoms with Crippen molar-refractivity contribution in [3.05, 3.63) is 125 Å². The zero-order chi connectivity index (χ0) is 47.8. The first-order valence-corrected chi connectivity index (χ1v) is 23.2. The van der Waals surface area contributed by atoms with Crippen LogP contribution in [0.15, 0.2) is 103 Å². The van der Waals surface area contributed by atoms with E-state index in [1.54, 1.807) is 9.80 Å². The number of rotatable bonds is 16. The maximum absolute atomic E-state index is 13.7. The molecule has 15 heteroatoms. The van der Waals surface area contributed by atoms with E-state index in [1.165, 1.54) is 14.2 Å². The van der Waals surface area contributed by atoms with Gasteiger partial charge in [0.1, 0.15) is 36.5 Å². The lowest BCUT2D eigenvalue weighted by Crippen LogP contribution is -2.54. The van der Waals surface area contributed by atoms with Crippen molar-refractivity contribution >= 4 is 47.2 Å². The lowest BCUT2D eigenvalue weighted by molar-refractivity contribution is -0.139. The van der Waals surface area contributed by atoms with Crippen LogP contribution in [0.5, 0.6) is 5.75 Å². The Hall–Kier alpha value is -6.90. The highest BCUT2D eigenvalue weighted by Crippen LogP contribution is 2.66. The number of carbonyl (C=O) groups excluding carboxylic acids is 6. The molecule has 2 aliphatic heterocycles. The Labute approximate surface area is 392 Å². The monoisotopic (exact) mass is 914 g/mol. The quantitative estimate of drug-likeness (QED) is 0.0882. The van der Waals surface area contributed by atoms with Crippen LogP contribution in [-0.2, 0) is 35.3 Å². The zero-order valence-electron chi connectivity index (χ0n) is 39.0. The molecule has 6 unspecified atom stereocenters. The molecule has 67 heavy (non-hydrogen) atoms. The summed E-state index contributed by atoms with van der Waals surface area (Å²) in [6.07, 6.45) is 0.954. The fourth-order valence-electron chi connectivity index (χ4n) is 9.47. The van der Waals surface area contributed by atoms with Gasteiger partial charge in [-0.3, -0.25) is 19.2 Å². The summed E-state index contributed by atoms with van der Waals surface area (Å²) in [5.41, 5.74) is 5.63. The van der Waals surface area contributed by atoms with Crippen molar-refractivity contribution < 1.29 is 43.0 Å². The lowest BCUT2D eigenvalue weighted by atomic mass is 10.0. The minimum Gasteiger partial charge on any atom is -0.489 e. The maximum Gasteiger partial charge on any atom is 0.407 e. The van der Waals surface area contributed by atoms with Crippen LogP contribution >= 0.6 is 0 Å². The SMILES string of the molecule is COC(=O)NC(C(=O)N1CCCC1C(=O)Nc1ccc(C2C(c3ccc(NC(=O)C4CCCN4C(=O)C(NC(=O)OC)C(C)C)cc3)C2c2ccc(OCc3ccccc3)cc2)cc1)C(C)C. The molecule has 354 valence electrons. The predicted octanol–water partition coefficient (Wildman–Crippen LogP) is 7.55. The van der Waals surface area contributed by atoms with E-state index in [2.05, 4.69) is 33.4 Å². The van der Waals surface area contributed by atoms with Crippen LogP contribution in [0.4, 0.5) is 21.0 Å². The van der Waals surface area contributed by atoms with Gasteiger partial charge in [0, 0.05) is 24.5 Å². The van der Waals surface area contributed by atoms with Gasteiger partial charge in [0.2, 0.25) is 23.6 Å². The lowest BCUT2D eigenvalue weighted by Gasteiger charge is -2.30. The Bertz CT molecular complexity index is 2250. The number of ether oxygens (including phenoxy) is 3. The molecule has 0 spiro atoms. The van der Waals surface area contributed by atoms with E-state index < -0.39 is 36.4 Å². The first-order chi connectivity index (χ1) is 32.3. The number of carbonyl (C=O) groups is 6. The number of methoxy groups -OCH3 is 2. The number of nitrogens with zero attached hydrogens (tertiary/aromatic N) is 2. The molecule has 1 saturated carbocycles. The summed E-state index contributed by atoms with van der Waals surface area (Å²) in [5, 5.41) is 11.3. The van der Waals surface area contributed by atoms with Gasteiger partial charge in [0.25, 0.3) is 0 Å². The Morgan fingerprint density at radius 3 is 1.31 bits per heavy atom. The van der Waals surface area contributed by atoms with Crippen LogP contribution in [0.3, 0.4) is 0 Å². The molecule has 15 nitrogen and oxygen atoms in total. The molecule has 1 aliphatic carbocycles. The summed E-state index contributed by atoms with van der Waals surface area (Å²) in [6, 6.07) is 30.9. The minimum absolute atomic E-state index is 0.102. The molecule has 0 bridgehead atoms. The van der Waals surface area contributed by atoms with Crippen molar-refractivity contribution in [3.8, 4) is 5.75 Å². The average Bonchev–Trinajstić information content (AvgIpc) is 3.60. The minimum atomic E-state index is -0.824. The molecule has 4 N–H and O–H groups in total. The van der Waals surface area contributed by atoms with Gasteiger partial charge in [-0.1, -0.05) is 94.4 Å². The van der Waals surface area contributed by atoms with E-state index in [-0.39, 0.29) is 53.2 Å². The second-order valence-corrected chi connectivity index (χ2v) is 18.2. The molecular weight excluding hydrogens is 853 g/mol. The smallest absolute Gasteiger partial charge is 0.407 e. The second-order valence-electron chi connectivity index (χ2n) is 18.2. The highest BCUT2D eigenvalue weighted by molar-refractivity contribution is 5.99. The van der Waals surface area contributed by atoms with Crippen LogP contribution in [0.25, 0.3) is 0 Å². The molecule has 6 atom stereocenters. The zero-order valence-corrected chi connectivity index (χ0v) is 39.0. The van der Waals surface area contributed by atoms with Crippen molar-refractivity contribution in [1.29, 1.82) is 0 Å². The van der Waals surface area contributed by atoms with Crippen LogP contribution < -0.4 is 26.0 Å². The Kier molecular flexibility index (Phi) is 15.5. The van der Waals surface area contributed by atoms with Crippen LogP contribution in [0.1, 0.15) is 93.4 Å². The number of amides is 6. The summed E-state index contributed by atoms with van der Waals surface area (Å²) in [5.74, 6) is -0.527. The number of nitrogens with one attached hydrogen (secondary N) is 4. The van der Waals surface area contributed by atoms with Gasteiger partial charge in [-0.15, -0.1) is 0 Å². The molecule has 3 fully saturated rings. The number of hydrogen-bond acceptors (Lipinski definition) is 9. The van der Waals surface area contributed by atoms with Gasteiger partial charge in [0.15, 0.2) is 0 Å². The van der Waals surface area contributed by atoms with Gasteiger partial charge in [0.05, 0.1) is 14.2 Å². The predicted molar refractivity (Wildman–Crippen MR) is 253 cm³/mol. The molecule has 4 aromatic rings. The highest BCUT2D eigenvalue weighted by Gasteiger charge is 2.52. The van der Waals surface area contributed by atoms with Crippen LogP contribution in [-0.4, -0.2) is 97.1 Å². The Morgan fingerprint density at radius 1 is 0.552 bits per heavy atom. The van der Waals surface area contributed by atoms with Gasteiger partial charge < -0.3 is 45.3 Å². The van der Waals surface area contributed by atoms with Crippen LogP contribution in [0.2, 0.25) is 0 Å². The van der Waals surface area contributed by atoms with Gasteiger partial charge in [-0.25, -0.2) is 9.59 Å². The third-order valence-corrected chi connectivity index (χ3v) is 13.1. The van der Waals surface area contributed by atoms with Gasteiger partial charge >= 0.3 is 12.2 Å². The first kappa shape index (κ1) is 48.0. The van der Waals surface area contributed by atoms with E-state index in [0.29, 0.717) is 56.8 Å². The molecular formula is C52H62N6O9. The largest absolute Gasteiger partial charge is 0.489 e. The van der Waals surface area contributed by atoms with Crippen molar-refractivity contribution in [1.82, 2.24) is 20.4 Å². The van der Waals surface area contributed by atoms with Crippen LogP contribution in [0, 0.1) is 11.8 Å². The fourth-order valence-corrected chi connectivity index (χ4v) is 9.47. The third-order valence-electron chi connectivity index (χ3n) is 13.1. The molecule has 3 aliphatic rings. The van der Waals surface area contributed by atoms with E-state index in [0.717, 1.165) is 28.0 Å². The topological polar surface area (TPSA) is 185 Å². The molecule has 0 aromatic heterocycles. The van der Waals surface area contributed by atoms with E-state index in [9.17, 15) is 28.8 Å². The molecule has 7 rings (SSSR count). The Morgan fingerprint density at radius 2 is 0.940 bits per heavy atom. The first-order valence-electron chi connectivity index (χ1n) is 23.2. The highest BCUT2D eigenvalue weighted by atomic mass is 16.5. The normalized spacial score (nSPS) is 20.7. The van der Waals surface area contributed by atoms with E-state index >= 15 is 0 Å². The standard InChI is InChI=1S/C52H62N6O9/c1-31(2)45(55-51(63)65-5)49(61)57-28-10-14-40(57)47(59)53-37-22-16-34(17-23-37)42-43(44(42)36-20-26-39(27-21-36)67-30-33-12-8-7-9-13-33)35-18-24-38(25-19-35)54-48(60)41-15-11-29-58(41)50(62)46(32(3)4)56-52(64)66-6/h7-9,12-13,16-27,31-32,40-46H,10-11,14-15,28-30H2,1-6H3,(H,53,59)(H,54,60)(H,55,63)(H,56,64). The fraction of sp³-hybridized carbons (Fsp3) is 0.423. The van der Waals surface area contributed by atoms with Crippen molar-refractivity contribution in [2.45, 2.75) is 102 Å². The second kappa shape index (κ2) is 21.6. The van der Waals surface area contributed by atoms with Gasteiger partial charge in [-0.2, -0.15) is 0 Å². The van der Waals surface area contributed by atoms with E-state index in [4.69, 9.17) is 14.2 Å². The number of alkyl carbamates (subject to hydrolysis) is 2. The summed E-state index contributed by atoms with van der Waals surface area (Å²) >= 11 is 0. The molecule has 6 amide bonds. The maximum atomic E-state index is 13.7. The molecule has 0 radical (unpaired) electrons. The Balaban J connectivity index is 1.05. The number of benzene rings is 4. The van der Waals surface area contributed by atoms with E-state index in [1.807, 2.05) is 119 Å². The van der Waals surface area contributed by atoms with Gasteiger partial charge in [-0.05, 0) is 114 Å².